The van der Waals surface area contributed by atoms with Gasteiger partial charge in [0.15, 0.2) is 0 Å². The molecular formula is C15H18N2O2S. The van der Waals surface area contributed by atoms with E-state index < -0.39 is 15.6 Å². The molecular weight excluding hydrogens is 272 g/mol. The van der Waals surface area contributed by atoms with E-state index >= 15 is 0 Å². The lowest BCUT2D eigenvalue weighted by atomic mass is 10.1. The van der Waals surface area contributed by atoms with Gasteiger partial charge >= 0.3 is 0 Å². The van der Waals surface area contributed by atoms with E-state index in [2.05, 4.69) is 9.71 Å². The average Bonchev–Trinajstić information content (AvgIpc) is 2.37. The smallest absolute Gasteiger partial charge is 0.241 e. The third-order valence-electron chi connectivity index (χ3n) is 2.56. The molecule has 1 N–H and O–H groups in total. The summed E-state index contributed by atoms with van der Waals surface area (Å²) >= 11 is 0. The first-order valence-electron chi connectivity index (χ1n) is 6.34. The van der Waals surface area contributed by atoms with Gasteiger partial charge in [0.1, 0.15) is 0 Å². The Morgan fingerprint density at radius 1 is 1.00 bits per heavy atom. The van der Waals surface area contributed by atoms with Crippen molar-refractivity contribution in [2.45, 2.75) is 31.2 Å². The predicted molar refractivity (Wildman–Crippen MR) is 79.7 cm³/mol. The fourth-order valence-electron chi connectivity index (χ4n) is 1.89. The molecule has 4 nitrogen and oxygen atoms in total. The molecule has 0 aliphatic carbocycles. The molecule has 1 aromatic heterocycles. The van der Waals surface area contributed by atoms with Gasteiger partial charge in [0, 0.05) is 17.3 Å². The molecule has 0 amide bonds. The number of nitrogens with zero attached hydrogens (tertiary/aromatic N) is 1. The Labute approximate surface area is 119 Å². The van der Waals surface area contributed by atoms with Gasteiger partial charge in [-0.3, -0.25) is 4.98 Å². The Balaban J connectivity index is 2.54. The lowest BCUT2D eigenvalue weighted by Crippen LogP contribution is -2.40. The molecule has 0 saturated carbocycles. The molecule has 20 heavy (non-hydrogen) atoms. The van der Waals surface area contributed by atoms with E-state index in [0.717, 1.165) is 0 Å². The monoisotopic (exact) mass is 290 g/mol. The van der Waals surface area contributed by atoms with Crippen LogP contribution >= 0.6 is 0 Å². The molecule has 0 bridgehead atoms. The fraction of sp³-hybridized carbons (Fsp3) is 0.267. The molecule has 0 spiro atoms. The summed E-state index contributed by atoms with van der Waals surface area (Å²) in [5, 5.41) is 0. The topological polar surface area (TPSA) is 59.1 Å². The van der Waals surface area contributed by atoms with Crippen molar-refractivity contribution in [1.82, 2.24) is 9.71 Å². The molecule has 0 fully saturated rings. The number of benzene rings is 1. The Morgan fingerprint density at radius 3 is 2.25 bits per heavy atom. The van der Waals surface area contributed by atoms with Gasteiger partial charge in [-0.25, -0.2) is 13.1 Å². The number of pyridine rings is 1. The Hall–Kier alpha value is -1.72. The molecule has 1 heterocycles. The van der Waals surface area contributed by atoms with E-state index in [4.69, 9.17) is 0 Å². The van der Waals surface area contributed by atoms with Gasteiger partial charge in [-0.1, -0.05) is 24.3 Å². The van der Waals surface area contributed by atoms with Crippen LogP contribution in [0.3, 0.4) is 0 Å². The van der Waals surface area contributed by atoms with Gasteiger partial charge in [0.2, 0.25) is 10.0 Å². The molecule has 0 aliphatic rings. The van der Waals surface area contributed by atoms with Crippen LogP contribution in [0.1, 0.15) is 20.8 Å². The summed E-state index contributed by atoms with van der Waals surface area (Å²) in [6, 6.07) is 12.3. The quantitative estimate of drug-likeness (QED) is 0.945. The van der Waals surface area contributed by atoms with Gasteiger partial charge < -0.3 is 0 Å². The maximum atomic E-state index is 12.5. The number of aromatic nitrogens is 1. The van der Waals surface area contributed by atoms with Gasteiger partial charge in [-0.05, 0) is 39.0 Å². The zero-order valence-corrected chi connectivity index (χ0v) is 12.6. The van der Waals surface area contributed by atoms with Crippen molar-refractivity contribution < 1.29 is 8.42 Å². The second-order valence-electron chi connectivity index (χ2n) is 5.57. The first kappa shape index (κ1) is 14.7. The molecule has 5 heteroatoms. The van der Waals surface area contributed by atoms with Crippen molar-refractivity contribution in [2.75, 3.05) is 0 Å². The second-order valence-corrected chi connectivity index (χ2v) is 7.22. The highest BCUT2D eigenvalue weighted by atomic mass is 32.2. The third kappa shape index (κ3) is 3.43. The largest absolute Gasteiger partial charge is 0.256 e. The first-order chi connectivity index (χ1) is 9.30. The Bertz CT molecular complexity index is 689. The highest BCUT2D eigenvalue weighted by Crippen LogP contribution is 2.26. The number of nitrogens with one attached hydrogen (secondary N) is 1. The Morgan fingerprint density at radius 2 is 1.65 bits per heavy atom. The molecule has 2 aromatic rings. The van der Waals surface area contributed by atoms with E-state index in [9.17, 15) is 8.42 Å². The lowest BCUT2D eigenvalue weighted by Gasteiger charge is -2.21. The molecule has 0 atom stereocenters. The average molecular weight is 290 g/mol. The minimum atomic E-state index is -3.59. The molecule has 0 unspecified atom stereocenters. The summed E-state index contributed by atoms with van der Waals surface area (Å²) in [6.45, 7) is 5.44. The van der Waals surface area contributed by atoms with Crippen LogP contribution in [0, 0.1) is 0 Å². The summed E-state index contributed by atoms with van der Waals surface area (Å²) in [5.74, 6) is 0. The van der Waals surface area contributed by atoms with Gasteiger partial charge in [0.25, 0.3) is 0 Å². The maximum Gasteiger partial charge on any atom is 0.241 e. The molecule has 0 radical (unpaired) electrons. The van der Waals surface area contributed by atoms with Crippen molar-refractivity contribution >= 4 is 10.0 Å². The van der Waals surface area contributed by atoms with Gasteiger partial charge in [0.05, 0.1) is 10.6 Å². The van der Waals surface area contributed by atoms with Crippen molar-refractivity contribution in [3.8, 4) is 11.3 Å². The van der Waals surface area contributed by atoms with Gasteiger partial charge in [-0.2, -0.15) is 0 Å². The van der Waals surface area contributed by atoms with E-state index in [-0.39, 0.29) is 4.90 Å². The van der Waals surface area contributed by atoms with E-state index in [1.807, 2.05) is 26.8 Å². The van der Waals surface area contributed by atoms with Crippen LogP contribution in [-0.4, -0.2) is 18.9 Å². The highest BCUT2D eigenvalue weighted by Gasteiger charge is 2.24. The number of hydrogen-bond acceptors (Lipinski definition) is 3. The number of rotatable bonds is 3. The fourth-order valence-corrected chi connectivity index (χ4v) is 3.53. The predicted octanol–water partition coefficient (Wildman–Crippen LogP) is 2.83. The summed E-state index contributed by atoms with van der Waals surface area (Å²) in [6.07, 6.45) is 1.65. The molecule has 2 rings (SSSR count). The summed E-state index contributed by atoms with van der Waals surface area (Å²) in [7, 11) is -3.59. The van der Waals surface area contributed by atoms with Crippen molar-refractivity contribution in [1.29, 1.82) is 0 Å². The van der Waals surface area contributed by atoms with Crippen molar-refractivity contribution in [2.24, 2.45) is 0 Å². The summed E-state index contributed by atoms with van der Waals surface area (Å²) in [5.41, 5.74) is 0.711. The van der Waals surface area contributed by atoms with Crippen LogP contribution in [0.2, 0.25) is 0 Å². The molecule has 0 aliphatic heterocycles. The van der Waals surface area contributed by atoms with Crippen LogP contribution in [-0.2, 0) is 10.0 Å². The summed E-state index contributed by atoms with van der Waals surface area (Å²) < 4.78 is 27.7. The zero-order chi connectivity index (χ0) is 14.8. The van der Waals surface area contributed by atoms with Crippen LogP contribution in [0.15, 0.2) is 53.6 Å². The standard InChI is InChI=1S/C15H18N2O2S/c1-15(2,3)17-20(18,19)14-10-5-4-8-12(14)13-9-6-7-11-16-13/h4-11,17H,1-3H3. The SMILES string of the molecule is CC(C)(C)NS(=O)(=O)c1ccccc1-c1ccccn1. The minimum Gasteiger partial charge on any atom is -0.256 e. The summed E-state index contributed by atoms with van der Waals surface area (Å²) in [4.78, 5) is 4.47. The van der Waals surface area contributed by atoms with Crippen molar-refractivity contribution in [3.63, 3.8) is 0 Å². The van der Waals surface area contributed by atoms with Crippen LogP contribution < -0.4 is 4.72 Å². The van der Waals surface area contributed by atoms with Gasteiger partial charge in [-0.15, -0.1) is 0 Å². The molecule has 106 valence electrons. The zero-order valence-electron chi connectivity index (χ0n) is 11.8. The lowest BCUT2D eigenvalue weighted by molar-refractivity contribution is 0.491. The normalized spacial score (nSPS) is 12.3. The third-order valence-corrected chi connectivity index (χ3v) is 4.37. The molecule has 0 saturated heterocycles. The molecule has 1 aromatic carbocycles. The van der Waals surface area contributed by atoms with Crippen molar-refractivity contribution in [3.05, 3.63) is 48.7 Å². The van der Waals surface area contributed by atoms with Crippen LogP contribution in [0.5, 0.6) is 0 Å². The Kier molecular flexibility index (Phi) is 3.92. The van der Waals surface area contributed by atoms with E-state index in [1.54, 1.807) is 42.6 Å². The van der Waals surface area contributed by atoms with Crippen LogP contribution in [0.4, 0.5) is 0 Å². The minimum absolute atomic E-state index is 0.244. The first-order valence-corrected chi connectivity index (χ1v) is 7.82. The highest BCUT2D eigenvalue weighted by molar-refractivity contribution is 7.89. The van der Waals surface area contributed by atoms with E-state index in [0.29, 0.717) is 11.3 Å². The van der Waals surface area contributed by atoms with Crippen LogP contribution in [0.25, 0.3) is 11.3 Å². The second kappa shape index (κ2) is 5.34. The number of sulfonamides is 1. The number of hydrogen-bond donors (Lipinski definition) is 1. The van der Waals surface area contributed by atoms with E-state index in [1.165, 1.54) is 0 Å². The maximum absolute atomic E-state index is 12.5.